The van der Waals surface area contributed by atoms with Gasteiger partial charge in [0, 0.05) is 12.6 Å². The zero-order valence-electron chi connectivity index (χ0n) is 17.4. The fourth-order valence-corrected chi connectivity index (χ4v) is 5.00. The molecule has 29 heavy (non-hydrogen) atoms. The SMILES string of the molecule is Cc1nn2c(C(C)C)c(C(=O)CCC[C@H]3CCCc4ccccc43)cnc2c1Br. The molecule has 0 N–H and O–H groups in total. The second-order valence-corrected chi connectivity index (χ2v) is 9.24. The van der Waals surface area contributed by atoms with Gasteiger partial charge in [-0.25, -0.2) is 9.50 Å². The highest BCUT2D eigenvalue weighted by atomic mass is 79.9. The van der Waals surface area contributed by atoms with Gasteiger partial charge in [0.25, 0.3) is 0 Å². The zero-order chi connectivity index (χ0) is 20.5. The molecular formula is C24H28BrN3O. The van der Waals surface area contributed by atoms with Gasteiger partial charge in [-0.1, -0.05) is 38.1 Å². The third kappa shape index (κ3) is 3.89. The van der Waals surface area contributed by atoms with Crippen LogP contribution in [-0.2, 0) is 6.42 Å². The van der Waals surface area contributed by atoms with E-state index in [4.69, 9.17) is 0 Å². The number of halogens is 1. The van der Waals surface area contributed by atoms with Crippen molar-refractivity contribution in [3.63, 3.8) is 0 Å². The Morgan fingerprint density at radius 1 is 1.31 bits per heavy atom. The molecule has 0 radical (unpaired) electrons. The van der Waals surface area contributed by atoms with Gasteiger partial charge in [0.05, 0.1) is 21.4 Å². The van der Waals surface area contributed by atoms with E-state index >= 15 is 0 Å². The summed E-state index contributed by atoms with van der Waals surface area (Å²) in [7, 11) is 0. The van der Waals surface area contributed by atoms with Crippen molar-refractivity contribution in [1.29, 1.82) is 0 Å². The van der Waals surface area contributed by atoms with E-state index in [1.165, 1.54) is 30.4 Å². The number of ketones is 1. The second-order valence-electron chi connectivity index (χ2n) is 8.45. The third-order valence-corrected chi connectivity index (χ3v) is 7.01. The summed E-state index contributed by atoms with van der Waals surface area (Å²) in [6.45, 7) is 6.16. The summed E-state index contributed by atoms with van der Waals surface area (Å²) in [5, 5.41) is 4.61. The number of Topliss-reactive ketones (excluding diaryl/α,β-unsaturated/α-hetero) is 1. The minimum Gasteiger partial charge on any atom is -0.294 e. The van der Waals surface area contributed by atoms with Crippen LogP contribution in [0.1, 0.15) is 90.7 Å². The molecule has 0 fully saturated rings. The van der Waals surface area contributed by atoms with Crippen LogP contribution in [0, 0.1) is 6.92 Å². The lowest BCUT2D eigenvalue weighted by Crippen LogP contribution is -2.13. The van der Waals surface area contributed by atoms with Crippen molar-refractivity contribution in [2.45, 2.75) is 71.1 Å². The normalized spacial score (nSPS) is 16.4. The number of fused-ring (bicyclic) bond motifs is 2. The lowest BCUT2D eigenvalue weighted by atomic mass is 9.80. The summed E-state index contributed by atoms with van der Waals surface area (Å²) in [6, 6.07) is 8.80. The number of carbonyl (C=O) groups is 1. The first kappa shape index (κ1) is 20.3. The minimum absolute atomic E-state index is 0.177. The van der Waals surface area contributed by atoms with E-state index in [1.807, 2.05) is 11.4 Å². The summed E-state index contributed by atoms with van der Waals surface area (Å²) < 4.78 is 2.74. The van der Waals surface area contributed by atoms with Crippen molar-refractivity contribution >= 4 is 27.4 Å². The molecule has 1 atom stereocenters. The number of rotatable bonds is 6. The fraction of sp³-hybridized carbons (Fsp3) is 0.458. The Morgan fingerprint density at radius 3 is 2.90 bits per heavy atom. The molecule has 4 rings (SSSR count). The molecule has 4 nitrogen and oxygen atoms in total. The average molecular weight is 454 g/mol. The van der Waals surface area contributed by atoms with Gasteiger partial charge in [0.1, 0.15) is 0 Å². The van der Waals surface area contributed by atoms with Crippen LogP contribution in [0.4, 0.5) is 0 Å². The van der Waals surface area contributed by atoms with Gasteiger partial charge in [-0.15, -0.1) is 0 Å². The van der Waals surface area contributed by atoms with Crippen LogP contribution in [-0.4, -0.2) is 20.4 Å². The first-order chi connectivity index (χ1) is 14.0. The molecule has 3 aromatic rings. The molecule has 1 aliphatic carbocycles. The average Bonchev–Trinajstić information content (AvgIpc) is 3.01. The Balaban J connectivity index is 1.51. The molecule has 1 aliphatic rings. The van der Waals surface area contributed by atoms with E-state index in [1.54, 1.807) is 6.20 Å². The molecule has 1 aromatic carbocycles. The van der Waals surface area contributed by atoms with Crippen molar-refractivity contribution in [2.75, 3.05) is 0 Å². The zero-order valence-corrected chi connectivity index (χ0v) is 19.0. The van der Waals surface area contributed by atoms with E-state index in [0.29, 0.717) is 17.9 Å². The van der Waals surface area contributed by atoms with Crippen LogP contribution < -0.4 is 0 Å². The maximum absolute atomic E-state index is 13.1. The topological polar surface area (TPSA) is 47.3 Å². The van der Waals surface area contributed by atoms with Gasteiger partial charge in [-0.2, -0.15) is 5.10 Å². The van der Waals surface area contributed by atoms with Gasteiger partial charge in [0.15, 0.2) is 11.4 Å². The van der Waals surface area contributed by atoms with Crippen LogP contribution in [0.3, 0.4) is 0 Å². The lowest BCUT2D eigenvalue weighted by molar-refractivity contribution is 0.0976. The van der Waals surface area contributed by atoms with Crippen LogP contribution in [0.15, 0.2) is 34.9 Å². The quantitative estimate of drug-likeness (QED) is 0.405. The maximum Gasteiger partial charge on any atom is 0.169 e. The molecule has 2 aromatic heterocycles. The van der Waals surface area contributed by atoms with E-state index in [0.717, 1.165) is 34.3 Å². The van der Waals surface area contributed by atoms with Gasteiger partial charge in [-0.05, 0) is 77.9 Å². The Hall–Kier alpha value is -2.01. The summed E-state index contributed by atoms with van der Waals surface area (Å²) >= 11 is 3.56. The van der Waals surface area contributed by atoms with Crippen molar-refractivity contribution in [3.05, 3.63) is 63.0 Å². The molecule has 0 spiro atoms. The summed E-state index contributed by atoms with van der Waals surface area (Å²) in [5.74, 6) is 0.954. The number of hydrogen-bond acceptors (Lipinski definition) is 3. The monoisotopic (exact) mass is 453 g/mol. The molecule has 152 valence electrons. The lowest BCUT2D eigenvalue weighted by Gasteiger charge is -2.25. The fourth-order valence-electron chi connectivity index (χ4n) is 4.65. The van der Waals surface area contributed by atoms with Crippen LogP contribution >= 0.6 is 15.9 Å². The predicted octanol–water partition coefficient (Wildman–Crippen LogP) is 6.40. The summed E-state index contributed by atoms with van der Waals surface area (Å²) in [6.07, 6.45) is 7.96. The Morgan fingerprint density at radius 2 is 2.10 bits per heavy atom. The Labute approximate surface area is 180 Å². The smallest absolute Gasteiger partial charge is 0.169 e. The van der Waals surface area contributed by atoms with E-state index < -0.39 is 0 Å². The van der Waals surface area contributed by atoms with Crippen LogP contribution in [0.5, 0.6) is 0 Å². The van der Waals surface area contributed by atoms with Crippen LogP contribution in [0.25, 0.3) is 5.65 Å². The molecule has 0 bridgehead atoms. The van der Waals surface area contributed by atoms with Gasteiger partial charge < -0.3 is 0 Å². The molecule has 0 amide bonds. The van der Waals surface area contributed by atoms with E-state index in [-0.39, 0.29) is 11.7 Å². The first-order valence-electron chi connectivity index (χ1n) is 10.6. The summed E-state index contributed by atoms with van der Waals surface area (Å²) in [4.78, 5) is 17.6. The number of aryl methyl sites for hydroxylation is 2. The number of nitrogens with zero attached hydrogens (tertiary/aromatic N) is 3. The number of hydrogen-bond donors (Lipinski definition) is 0. The molecular weight excluding hydrogens is 426 g/mol. The van der Waals surface area contributed by atoms with Crippen molar-refractivity contribution < 1.29 is 4.79 Å². The molecule has 5 heteroatoms. The van der Waals surface area contributed by atoms with Crippen molar-refractivity contribution in [1.82, 2.24) is 14.6 Å². The third-order valence-electron chi connectivity index (χ3n) is 6.08. The Bertz CT molecular complexity index is 1050. The van der Waals surface area contributed by atoms with Gasteiger partial charge in [-0.3, -0.25) is 4.79 Å². The second kappa shape index (κ2) is 8.39. The molecule has 0 unspecified atom stereocenters. The molecule has 2 heterocycles. The largest absolute Gasteiger partial charge is 0.294 e. The van der Waals surface area contributed by atoms with Gasteiger partial charge >= 0.3 is 0 Å². The first-order valence-corrected chi connectivity index (χ1v) is 11.4. The highest BCUT2D eigenvalue weighted by molar-refractivity contribution is 9.10. The number of benzene rings is 1. The number of aromatic nitrogens is 3. The predicted molar refractivity (Wildman–Crippen MR) is 120 cm³/mol. The van der Waals surface area contributed by atoms with Crippen molar-refractivity contribution in [2.24, 2.45) is 0 Å². The standard InChI is InChI=1S/C24H28BrN3O/c1-15(2)23-20(14-26-24-22(25)16(3)27-28(23)24)21(29)13-7-11-18-10-6-9-17-8-4-5-12-19(17)18/h4-5,8,12,14-15,18H,6-7,9-11,13H2,1-3H3/t18-/m1/s1. The number of carbonyl (C=O) groups excluding carboxylic acids is 1. The highest BCUT2D eigenvalue weighted by Crippen LogP contribution is 2.35. The van der Waals surface area contributed by atoms with E-state index in [2.05, 4.69) is 64.1 Å². The molecule has 0 saturated carbocycles. The van der Waals surface area contributed by atoms with Gasteiger partial charge in [0.2, 0.25) is 0 Å². The van der Waals surface area contributed by atoms with Crippen molar-refractivity contribution in [3.8, 4) is 0 Å². The van der Waals surface area contributed by atoms with E-state index in [9.17, 15) is 4.79 Å². The van der Waals surface area contributed by atoms with Crippen LogP contribution in [0.2, 0.25) is 0 Å². The molecule has 0 aliphatic heterocycles. The molecule has 0 saturated heterocycles. The highest BCUT2D eigenvalue weighted by Gasteiger charge is 2.23. The maximum atomic E-state index is 13.1. The Kier molecular flexibility index (Phi) is 5.86. The minimum atomic E-state index is 0.177. The summed E-state index contributed by atoms with van der Waals surface area (Å²) in [5.41, 5.74) is 6.32.